The molecule has 0 heteroatoms. The van der Waals surface area contributed by atoms with E-state index in [2.05, 4.69) is 24.3 Å². The lowest BCUT2D eigenvalue weighted by Gasteiger charge is -1.94. The zero-order chi connectivity index (χ0) is 10.4. The number of allylic oxidation sites excluding steroid dienone is 1. The lowest BCUT2D eigenvalue weighted by molar-refractivity contribution is 1.27. The van der Waals surface area contributed by atoms with E-state index in [0.717, 1.165) is 23.1 Å². The summed E-state index contributed by atoms with van der Waals surface area (Å²) < 4.78 is 0. The molecule has 0 heterocycles. The van der Waals surface area contributed by atoms with Gasteiger partial charge in [-0.25, -0.2) is 0 Å². The minimum Gasteiger partial charge on any atom is -0.115 e. The Bertz CT molecular complexity index is 433. The van der Waals surface area contributed by atoms with Crippen molar-refractivity contribution in [1.29, 1.82) is 0 Å². The first-order valence-electron chi connectivity index (χ1n) is 4.43. The molecule has 0 fully saturated rings. The standard InChI is InChI=1S/C14H12/c1-4-13-9-5-6-10-14(13)11-7-8-12(2)3/h1,5-6,9-10H,2,8H2,3H3. The van der Waals surface area contributed by atoms with Crippen LogP contribution in [0.4, 0.5) is 0 Å². The molecule has 1 aromatic rings. The Labute approximate surface area is 85.7 Å². The van der Waals surface area contributed by atoms with Gasteiger partial charge in [0.1, 0.15) is 0 Å². The highest BCUT2D eigenvalue weighted by Crippen LogP contribution is 2.05. The maximum Gasteiger partial charge on any atom is 0.0401 e. The van der Waals surface area contributed by atoms with Gasteiger partial charge in [0.05, 0.1) is 0 Å². The highest BCUT2D eigenvalue weighted by Gasteiger charge is 1.92. The normalized spacial score (nSPS) is 8.29. The van der Waals surface area contributed by atoms with Gasteiger partial charge < -0.3 is 0 Å². The van der Waals surface area contributed by atoms with Gasteiger partial charge in [-0.05, 0) is 19.1 Å². The molecule has 68 valence electrons. The van der Waals surface area contributed by atoms with Crippen molar-refractivity contribution in [3.8, 4) is 24.2 Å². The smallest absolute Gasteiger partial charge is 0.0401 e. The fraction of sp³-hybridized carbons (Fsp3) is 0.143. The lowest BCUT2D eigenvalue weighted by atomic mass is 10.1. The highest BCUT2D eigenvalue weighted by molar-refractivity contribution is 5.49. The van der Waals surface area contributed by atoms with Gasteiger partial charge in [-0.1, -0.05) is 42.0 Å². The van der Waals surface area contributed by atoms with Gasteiger partial charge in [0.15, 0.2) is 0 Å². The topological polar surface area (TPSA) is 0 Å². The van der Waals surface area contributed by atoms with Crippen molar-refractivity contribution < 1.29 is 0 Å². The lowest BCUT2D eigenvalue weighted by Crippen LogP contribution is -1.81. The minimum atomic E-state index is 0.721. The molecule has 0 saturated carbocycles. The molecule has 0 bridgehead atoms. The highest BCUT2D eigenvalue weighted by atomic mass is 13.9. The maximum atomic E-state index is 5.35. The van der Waals surface area contributed by atoms with Crippen LogP contribution < -0.4 is 0 Å². The molecule has 0 unspecified atom stereocenters. The fourth-order valence-corrected chi connectivity index (χ4v) is 1.01. The van der Waals surface area contributed by atoms with Gasteiger partial charge in [-0.15, -0.1) is 6.42 Å². The van der Waals surface area contributed by atoms with Gasteiger partial charge in [0.25, 0.3) is 0 Å². The van der Waals surface area contributed by atoms with Crippen LogP contribution in [0.15, 0.2) is 36.4 Å². The Balaban J connectivity index is 2.90. The second-order valence-electron chi connectivity index (χ2n) is 3.13. The third kappa shape index (κ3) is 2.85. The monoisotopic (exact) mass is 180 g/mol. The van der Waals surface area contributed by atoms with E-state index in [0.29, 0.717) is 0 Å². The molecule has 0 aliphatic carbocycles. The van der Waals surface area contributed by atoms with Gasteiger partial charge >= 0.3 is 0 Å². The SMILES string of the molecule is C#Cc1ccccc1C#CCC(=C)C. The number of benzene rings is 1. The van der Waals surface area contributed by atoms with Crippen LogP contribution in [0, 0.1) is 24.2 Å². The van der Waals surface area contributed by atoms with Crippen molar-refractivity contribution >= 4 is 0 Å². The van der Waals surface area contributed by atoms with E-state index in [1.807, 2.05) is 31.2 Å². The summed E-state index contributed by atoms with van der Waals surface area (Å²) in [5, 5.41) is 0. The summed E-state index contributed by atoms with van der Waals surface area (Å²) in [4.78, 5) is 0. The summed E-state index contributed by atoms with van der Waals surface area (Å²) in [5.41, 5.74) is 2.83. The van der Waals surface area contributed by atoms with Crippen LogP contribution in [-0.4, -0.2) is 0 Å². The minimum absolute atomic E-state index is 0.721. The van der Waals surface area contributed by atoms with Crippen molar-refractivity contribution in [2.24, 2.45) is 0 Å². The quantitative estimate of drug-likeness (QED) is 0.460. The third-order valence-corrected chi connectivity index (χ3v) is 1.70. The summed E-state index contributed by atoms with van der Waals surface area (Å²) in [6.07, 6.45) is 6.07. The molecule has 14 heavy (non-hydrogen) atoms. The van der Waals surface area contributed by atoms with Gasteiger partial charge in [0, 0.05) is 17.5 Å². The van der Waals surface area contributed by atoms with E-state index in [9.17, 15) is 0 Å². The fourth-order valence-electron chi connectivity index (χ4n) is 1.01. The summed E-state index contributed by atoms with van der Waals surface area (Å²) in [6.45, 7) is 5.75. The molecule has 0 atom stereocenters. The Morgan fingerprint density at radius 1 is 1.36 bits per heavy atom. The zero-order valence-corrected chi connectivity index (χ0v) is 8.30. The Hall–Kier alpha value is -1.92. The number of hydrogen-bond donors (Lipinski definition) is 0. The molecule has 0 nitrogen and oxygen atoms in total. The van der Waals surface area contributed by atoms with Crippen LogP contribution >= 0.6 is 0 Å². The van der Waals surface area contributed by atoms with E-state index < -0.39 is 0 Å². The van der Waals surface area contributed by atoms with E-state index in [-0.39, 0.29) is 0 Å². The Kier molecular flexibility index (Phi) is 3.59. The maximum absolute atomic E-state index is 5.35. The average molecular weight is 180 g/mol. The van der Waals surface area contributed by atoms with E-state index in [1.165, 1.54) is 0 Å². The van der Waals surface area contributed by atoms with E-state index in [4.69, 9.17) is 6.42 Å². The van der Waals surface area contributed by atoms with Gasteiger partial charge in [-0.3, -0.25) is 0 Å². The number of hydrogen-bond acceptors (Lipinski definition) is 0. The summed E-state index contributed by atoms with van der Waals surface area (Å²) >= 11 is 0. The second kappa shape index (κ2) is 4.95. The molecule has 0 saturated heterocycles. The Morgan fingerprint density at radius 3 is 2.57 bits per heavy atom. The third-order valence-electron chi connectivity index (χ3n) is 1.70. The van der Waals surface area contributed by atoms with Crippen molar-refractivity contribution in [1.82, 2.24) is 0 Å². The van der Waals surface area contributed by atoms with Crippen LogP contribution in [0.1, 0.15) is 24.5 Å². The van der Waals surface area contributed by atoms with Crippen LogP contribution in [0.25, 0.3) is 0 Å². The van der Waals surface area contributed by atoms with Crippen molar-refractivity contribution in [3.63, 3.8) is 0 Å². The van der Waals surface area contributed by atoms with Crippen LogP contribution in [0.3, 0.4) is 0 Å². The van der Waals surface area contributed by atoms with E-state index in [1.54, 1.807) is 0 Å². The predicted octanol–water partition coefficient (Wildman–Crippen LogP) is 2.99. The molecule has 0 N–H and O–H groups in total. The van der Waals surface area contributed by atoms with Gasteiger partial charge in [-0.2, -0.15) is 0 Å². The van der Waals surface area contributed by atoms with Crippen LogP contribution in [0.2, 0.25) is 0 Å². The van der Waals surface area contributed by atoms with Gasteiger partial charge in [0.2, 0.25) is 0 Å². The average Bonchev–Trinajstić information content (AvgIpc) is 2.18. The largest absolute Gasteiger partial charge is 0.115 e. The molecular weight excluding hydrogens is 168 g/mol. The summed E-state index contributed by atoms with van der Waals surface area (Å²) in [5.74, 6) is 8.68. The van der Waals surface area contributed by atoms with Crippen LogP contribution in [-0.2, 0) is 0 Å². The molecule has 0 aliphatic rings. The van der Waals surface area contributed by atoms with Crippen molar-refractivity contribution in [2.45, 2.75) is 13.3 Å². The molecule has 0 aromatic heterocycles. The molecule has 1 aromatic carbocycles. The van der Waals surface area contributed by atoms with Crippen LogP contribution in [0.5, 0.6) is 0 Å². The number of terminal acetylenes is 1. The predicted molar refractivity (Wildman–Crippen MR) is 60.7 cm³/mol. The van der Waals surface area contributed by atoms with Crippen molar-refractivity contribution in [2.75, 3.05) is 0 Å². The van der Waals surface area contributed by atoms with Crippen molar-refractivity contribution in [3.05, 3.63) is 47.5 Å². The molecule has 0 aliphatic heterocycles. The number of rotatable bonds is 1. The van der Waals surface area contributed by atoms with E-state index >= 15 is 0 Å². The zero-order valence-electron chi connectivity index (χ0n) is 8.30. The summed E-state index contributed by atoms with van der Waals surface area (Å²) in [6, 6.07) is 7.68. The molecule has 0 radical (unpaired) electrons. The molecule has 1 rings (SSSR count). The molecule has 0 spiro atoms. The first kappa shape index (κ1) is 10.2. The Morgan fingerprint density at radius 2 is 2.00 bits per heavy atom. The first-order valence-corrected chi connectivity index (χ1v) is 4.43. The molecule has 0 amide bonds. The first-order chi connectivity index (χ1) is 6.74. The molecular formula is C14H12. The second-order valence-corrected chi connectivity index (χ2v) is 3.13. The summed E-state index contributed by atoms with van der Waals surface area (Å²) in [7, 11) is 0.